The number of fused-ring (bicyclic) bond motifs is 1. The zero-order valence-corrected chi connectivity index (χ0v) is 18.9. The zero-order chi connectivity index (χ0) is 22.8. The van der Waals surface area contributed by atoms with Crippen molar-refractivity contribution < 1.29 is 14.3 Å². The third kappa shape index (κ3) is 4.48. The van der Waals surface area contributed by atoms with Crippen molar-refractivity contribution in [1.82, 2.24) is 25.0 Å². The summed E-state index contributed by atoms with van der Waals surface area (Å²) in [6.07, 6.45) is 3.33. The third-order valence-corrected chi connectivity index (χ3v) is 6.18. The number of anilines is 1. The summed E-state index contributed by atoms with van der Waals surface area (Å²) in [4.78, 5) is 21.6. The number of nitrogens with zero attached hydrogens (tertiary/aromatic N) is 5. The molecule has 2 aromatic carbocycles. The number of nitrogens with one attached hydrogen (secondary N) is 1. The average molecular weight is 481 g/mol. The van der Waals surface area contributed by atoms with E-state index in [9.17, 15) is 4.79 Å². The molecule has 0 aliphatic carbocycles. The van der Waals surface area contributed by atoms with E-state index < -0.39 is 5.91 Å². The fourth-order valence-corrected chi connectivity index (χ4v) is 4.16. The molecule has 0 atom stereocenters. The summed E-state index contributed by atoms with van der Waals surface area (Å²) in [5.74, 6) is 1.17. The molecular weight excluding hydrogens is 464 g/mol. The first-order valence-electron chi connectivity index (χ1n) is 9.90. The minimum atomic E-state index is -0.400. The number of halogens is 1. The van der Waals surface area contributed by atoms with Gasteiger partial charge in [0.2, 0.25) is 6.79 Å². The van der Waals surface area contributed by atoms with Crippen molar-refractivity contribution in [3.63, 3.8) is 0 Å². The molecular formula is C22H17ClN6O3S. The van der Waals surface area contributed by atoms with Crippen molar-refractivity contribution in [2.45, 2.75) is 17.8 Å². The van der Waals surface area contributed by atoms with Gasteiger partial charge in [-0.25, -0.2) is 14.6 Å². The summed E-state index contributed by atoms with van der Waals surface area (Å²) in [6.45, 7) is 2.07. The number of aryl methyl sites for hydroxylation is 1. The summed E-state index contributed by atoms with van der Waals surface area (Å²) >= 11 is 7.70. The first-order chi connectivity index (χ1) is 16.1. The molecule has 0 radical (unpaired) electrons. The lowest BCUT2D eigenvalue weighted by atomic mass is 10.2. The third-order valence-electron chi connectivity index (χ3n) is 4.89. The number of ether oxygens (including phenoxy) is 2. The van der Waals surface area contributed by atoms with Crippen LogP contribution in [-0.2, 0) is 5.75 Å². The van der Waals surface area contributed by atoms with E-state index in [2.05, 4.69) is 25.6 Å². The lowest BCUT2D eigenvalue weighted by Crippen LogP contribution is -2.15. The lowest BCUT2D eigenvalue weighted by Gasteiger charge is -2.10. The second-order valence-electron chi connectivity index (χ2n) is 7.07. The van der Waals surface area contributed by atoms with Gasteiger partial charge in [-0.05, 0) is 42.8 Å². The van der Waals surface area contributed by atoms with Crippen molar-refractivity contribution in [2.75, 3.05) is 12.1 Å². The number of carbonyl (C=O) groups is 1. The molecule has 1 amide bonds. The van der Waals surface area contributed by atoms with E-state index >= 15 is 0 Å². The van der Waals surface area contributed by atoms with Crippen molar-refractivity contribution in [3.8, 4) is 17.2 Å². The molecule has 2 aromatic heterocycles. The summed E-state index contributed by atoms with van der Waals surface area (Å²) < 4.78 is 12.3. The molecule has 9 nitrogen and oxygen atoms in total. The predicted octanol–water partition coefficient (Wildman–Crippen LogP) is 4.29. The highest BCUT2D eigenvalue weighted by Crippen LogP contribution is 2.34. The maximum absolute atomic E-state index is 13.1. The fourth-order valence-electron chi connectivity index (χ4n) is 3.19. The molecule has 166 valence electrons. The standard InChI is InChI=1S/C22H17ClN6O3S/c1-13-3-5-15(10-16(13)23)29-17(11-33-22-24-7-2-8-25-22)20(27-28-29)21(30)26-14-4-6-18-19(9-14)32-12-31-18/h2-10H,11-12H2,1H3,(H,26,30). The van der Waals surface area contributed by atoms with Crippen LogP contribution < -0.4 is 14.8 Å². The van der Waals surface area contributed by atoms with Crippen LogP contribution in [0.1, 0.15) is 21.7 Å². The molecule has 0 saturated carbocycles. The van der Waals surface area contributed by atoms with Gasteiger partial charge in [0.1, 0.15) is 0 Å². The molecule has 3 heterocycles. The largest absolute Gasteiger partial charge is 0.454 e. The molecule has 0 bridgehead atoms. The molecule has 0 unspecified atom stereocenters. The number of aromatic nitrogens is 5. The second-order valence-corrected chi connectivity index (χ2v) is 8.42. The predicted molar refractivity (Wildman–Crippen MR) is 123 cm³/mol. The van der Waals surface area contributed by atoms with Crippen LogP contribution in [0.15, 0.2) is 60.0 Å². The van der Waals surface area contributed by atoms with Gasteiger partial charge in [0.25, 0.3) is 5.91 Å². The molecule has 0 saturated heterocycles. The second kappa shape index (κ2) is 9.08. The Kier molecular flexibility index (Phi) is 5.84. The van der Waals surface area contributed by atoms with E-state index in [1.807, 2.05) is 19.1 Å². The van der Waals surface area contributed by atoms with Crippen LogP contribution in [0, 0.1) is 6.92 Å². The van der Waals surface area contributed by atoms with Gasteiger partial charge in [0.05, 0.1) is 11.4 Å². The smallest absolute Gasteiger partial charge is 0.278 e. The summed E-state index contributed by atoms with van der Waals surface area (Å²) in [7, 11) is 0. The first kappa shape index (κ1) is 21.2. The normalized spacial score (nSPS) is 12.1. The Hall–Kier alpha value is -3.63. The van der Waals surface area contributed by atoms with Crippen molar-refractivity contribution in [1.29, 1.82) is 0 Å². The Labute approximate surface area is 198 Å². The van der Waals surface area contributed by atoms with Crippen LogP contribution >= 0.6 is 23.4 Å². The van der Waals surface area contributed by atoms with E-state index in [1.165, 1.54) is 11.8 Å². The van der Waals surface area contributed by atoms with Gasteiger partial charge in [0, 0.05) is 34.9 Å². The number of rotatable bonds is 6. The quantitative estimate of drug-likeness (QED) is 0.322. The topological polar surface area (TPSA) is 104 Å². The van der Waals surface area contributed by atoms with E-state index in [4.69, 9.17) is 21.1 Å². The van der Waals surface area contributed by atoms with Crippen LogP contribution in [0.25, 0.3) is 5.69 Å². The summed E-state index contributed by atoms with van der Waals surface area (Å²) in [6, 6.07) is 12.5. The Balaban J connectivity index is 1.47. The molecule has 4 aromatic rings. The van der Waals surface area contributed by atoms with Crippen molar-refractivity contribution >= 4 is 35.0 Å². The molecule has 0 spiro atoms. The minimum Gasteiger partial charge on any atom is -0.454 e. The highest BCUT2D eigenvalue weighted by Gasteiger charge is 2.23. The van der Waals surface area contributed by atoms with Crippen molar-refractivity contribution in [3.05, 3.63) is 76.8 Å². The Morgan fingerprint density at radius 3 is 2.79 bits per heavy atom. The highest BCUT2D eigenvalue weighted by molar-refractivity contribution is 7.98. The monoisotopic (exact) mass is 480 g/mol. The van der Waals surface area contributed by atoms with Gasteiger partial charge in [-0.2, -0.15) is 0 Å². The number of hydrogen-bond donors (Lipinski definition) is 1. The molecule has 11 heteroatoms. The van der Waals surface area contributed by atoms with Crippen LogP contribution in [-0.4, -0.2) is 37.7 Å². The lowest BCUT2D eigenvalue weighted by molar-refractivity contribution is 0.102. The Morgan fingerprint density at radius 1 is 1.15 bits per heavy atom. The molecule has 33 heavy (non-hydrogen) atoms. The van der Waals surface area contributed by atoms with E-state index in [0.29, 0.717) is 44.5 Å². The van der Waals surface area contributed by atoms with Crippen LogP contribution in [0.3, 0.4) is 0 Å². The molecule has 1 aliphatic rings. The van der Waals surface area contributed by atoms with Gasteiger partial charge >= 0.3 is 0 Å². The minimum absolute atomic E-state index is 0.156. The van der Waals surface area contributed by atoms with Crippen LogP contribution in [0.4, 0.5) is 5.69 Å². The molecule has 5 rings (SSSR count). The Bertz CT molecular complexity index is 1330. The van der Waals surface area contributed by atoms with Crippen LogP contribution in [0.5, 0.6) is 11.5 Å². The molecule has 0 fully saturated rings. The van der Waals surface area contributed by atoms with Gasteiger partial charge in [-0.15, -0.1) is 5.10 Å². The van der Waals surface area contributed by atoms with Gasteiger partial charge in [-0.1, -0.05) is 34.6 Å². The van der Waals surface area contributed by atoms with Gasteiger partial charge in [-0.3, -0.25) is 4.79 Å². The number of benzene rings is 2. The van der Waals surface area contributed by atoms with E-state index in [1.54, 1.807) is 47.4 Å². The van der Waals surface area contributed by atoms with Crippen LogP contribution in [0.2, 0.25) is 5.02 Å². The summed E-state index contributed by atoms with van der Waals surface area (Å²) in [5, 5.41) is 12.4. The number of amides is 1. The number of thioether (sulfide) groups is 1. The fraction of sp³-hybridized carbons (Fsp3) is 0.136. The average Bonchev–Trinajstić information content (AvgIpc) is 3.47. The molecule has 1 N–H and O–H groups in total. The SMILES string of the molecule is Cc1ccc(-n2nnc(C(=O)Nc3ccc4c(c3)OCO4)c2CSc2ncccn2)cc1Cl. The highest BCUT2D eigenvalue weighted by atomic mass is 35.5. The maximum Gasteiger partial charge on any atom is 0.278 e. The maximum atomic E-state index is 13.1. The Morgan fingerprint density at radius 2 is 1.97 bits per heavy atom. The summed E-state index contributed by atoms with van der Waals surface area (Å²) in [5.41, 5.74) is 2.97. The number of carbonyl (C=O) groups excluding carboxylic acids is 1. The molecule has 1 aliphatic heterocycles. The number of hydrogen-bond acceptors (Lipinski definition) is 8. The van der Waals surface area contributed by atoms with E-state index in [-0.39, 0.29) is 12.5 Å². The zero-order valence-electron chi connectivity index (χ0n) is 17.4. The first-order valence-corrected chi connectivity index (χ1v) is 11.3. The van der Waals surface area contributed by atoms with Gasteiger partial charge < -0.3 is 14.8 Å². The van der Waals surface area contributed by atoms with Gasteiger partial charge in [0.15, 0.2) is 22.3 Å². The van der Waals surface area contributed by atoms with Crippen molar-refractivity contribution in [2.24, 2.45) is 0 Å². The van der Waals surface area contributed by atoms with E-state index in [0.717, 1.165) is 5.56 Å².